The normalized spacial score (nSPS) is 10.2. The number of rotatable bonds is 2. The van der Waals surface area contributed by atoms with Crippen LogP contribution in [0.5, 0.6) is 0 Å². The van der Waals surface area contributed by atoms with E-state index in [1.807, 2.05) is 18.2 Å². The second kappa shape index (κ2) is 2.90. The first-order valence-corrected chi connectivity index (χ1v) is 3.92. The van der Waals surface area contributed by atoms with Crippen LogP contribution in [-0.2, 0) is 4.79 Å². The smallest absolute Gasteiger partial charge is 0.213 e. The van der Waals surface area contributed by atoms with E-state index in [4.69, 9.17) is 0 Å². The molecule has 0 aliphatic heterocycles. The summed E-state index contributed by atoms with van der Waals surface area (Å²) in [5, 5.41) is 7.75. The van der Waals surface area contributed by atoms with Gasteiger partial charge in [0, 0.05) is 18.1 Å². The SMILES string of the molecule is CN(C=O)c1ccc2[nH]ncc2c1. The number of anilines is 1. The lowest BCUT2D eigenvalue weighted by molar-refractivity contribution is -0.107. The molecule has 0 fully saturated rings. The highest BCUT2D eigenvalue weighted by molar-refractivity contribution is 5.85. The molecule has 0 spiro atoms. The zero-order valence-electron chi connectivity index (χ0n) is 7.19. The second-order valence-electron chi connectivity index (χ2n) is 2.86. The molecule has 0 aliphatic carbocycles. The predicted octanol–water partition coefficient (Wildman–Crippen LogP) is 1.16. The number of aromatic amines is 1. The van der Waals surface area contributed by atoms with Gasteiger partial charge < -0.3 is 4.90 Å². The molecule has 0 saturated heterocycles. The number of H-pyrrole nitrogens is 1. The molecule has 4 nitrogen and oxygen atoms in total. The molecule has 1 aromatic heterocycles. The summed E-state index contributed by atoms with van der Waals surface area (Å²) >= 11 is 0. The number of fused-ring (bicyclic) bond motifs is 1. The van der Waals surface area contributed by atoms with Crippen molar-refractivity contribution >= 4 is 23.0 Å². The topological polar surface area (TPSA) is 49.0 Å². The van der Waals surface area contributed by atoms with Gasteiger partial charge in [-0.1, -0.05) is 0 Å². The molecule has 2 rings (SSSR count). The van der Waals surface area contributed by atoms with Crippen molar-refractivity contribution in [1.29, 1.82) is 0 Å². The average Bonchev–Trinajstić information content (AvgIpc) is 2.63. The summed E-state index contributed by atoms with van der Waals surface area (Å²) < 4.78 is 0. The molecule has 0 unspecified atom stereocenters. The van der Waals surface area contributed by atoms with Gasteiger partial charge in [0.05, 0.1) is 11.7 Å². The fraction of sp³-hybridized carbons (Fsp3) is 0.111. The van der Waals surface area contributed by atoms with Crippen molar-refractivity contribution in [2.45, 2.75) is 0 Å². The molecule has 66 valence electrons. The lowest BCUT2D eigenvalue weighted by Crippen LogP contribution is -2.13. The summed E-state index contributed by atoms with van der Waals surface area (Å²) in [6, 6.07) is 5.68. The number of carbonyl (C=O) groups is 1. The van der Waals surface area contributed by atoms with Crippen molar-refractivity contribution in [2.24, 2.45) is 0 Å². The van der Waals surface area contributed by atoms with E-state index in [2.05, 4.69) is 10.2 Å². The molecule has 0 atom stereocenters. The molecular formula is C9H9N3O. The fourth-order valence-electron chi connectivity index (χ4n) is 1.21. The summed E-state index contributed by atoms with van der Waals surface area (Å²) in [5.41, 5.74) is 1.84. The monoisotopic (exact) mass is 175 g/mol. The zero-order chi connectivity index (χ0) is 9.26. The summed E-state index contributed by atoms with van der Waals surface area (Å²) in [5.74, 6) is 0. The highest BCUT2D eigenvalue weighted by Crippen LogP contribution is 2.18. The van der Waals surface area contributed by atoms with E-state index < -0.39 is 0 Å². The van der Waals surface area contributed by atoms with Crippen molar-refractivity contribution in [1.82, 2.24) is 10.2 Å². The lowest BCUT2D eigenvalue weighted by Gasteiger charge is -2.09. The van der Waals surface area contributed by atoms with Gasteiger partial charge >= 0.3 is 0 Å². The van der Waals surface area contributed by atoms with Gasteiger partial charge in [0.1, 0.15) is 0 Å². The van der Waals surface area contributed by atoms with Crippen molar-refractivity contribution in [3.8, 4) is 0 Å². The molecule has 2 aromatic rings. The largest absolute Gasteiger partial charge is 0.318 e. The highest BCUT2D eigenvalue weighted by Gasteiger charge is 2.00. The average molecular weight is 175 g/mol. The minimum Gasteiger partial charge on any atom is -0.318 e. The first-order valence-electron chi connectivity index (χ1n) is 3.92. The molecule has 1 N–H and O–H groups in total. The Bertz CT molecular complexity index is 435. The van der Waals surface area contributed by atoms with Gasteiger partial charge in [-0.15, -0.1) is 0 Å². The number of benzene rings is 1. The van der Waals surface area contributed by atoms with Gasteiger partial charge in [-0.25, -0.2) is 0 Å². The van der Waals surface area contributed by atoms with Gasteiger partial charge in [-0.3, -0.25) is 9.89 Å². The van der Waals surface area contributed by atoms with Gasteiger partial charge in [-0.2, -0.15) is 5.10 Å². The van der Waals surface area contributed by atoms with Crippen molar-refractivity contribution in [3.63, 3.8) is 0 Å². The minimum absolute atomic E-state index is 0.779. The van der Waals surface area contributed by atoms with E-state index in [9.17, 15) is 4.79 Å². The van der Waals surface area contributed by atoms with Crippen LogP contribution in [0.4, 0.5) is 5.69 Å². The molecule has 0 bridgehead atoms. The molecule has 0 saturated carbocycles. The van der Waals surface area contributed by atoms with Crippen LogP contribution in [0.2, 0.25) is 0 Å². The third-order valence-corrected chi connectivity index (χ3v) is 1.99. The van der Waals surface area contributed by atoms with Crippen LogP contribution in [0, 0.1) is 0 Å². The van der Waals surface area contributed by atoms with Crippen molar-refractivity contribution in [3.05, 3.63) is 24.4 Å². The number of aromatic nitrogens is 2. The standard InChI is InChI=1S/C9H9N3O/c1-12(6-13)8-2-3-9-7(4-8)5-10-11-9/h2-6H,1H3,(H,10,11). The quantitative estimate of drug-likeness (QED) is 0.696. The van der Waals surface area contributed by atoms with Crippen LogP contribution in [-0.4, -0.2) is 23.7 Å². The Kier molecular flexibility index (Phi) is 1.73. The maximum absolute atomic E-state index is 10.5. The fourth-order valence-corrected chi connectivity index (χ4v) is 1.21. The third-order valence-electron chi connectivity index (χ3n) is 1.99. The number of amides is 1. The number of nitrogens with zero attached hydrogens (tertiary/aromatic N) is 2. The third kappa shape index (κ3) is 1.26. The van der Waals surface area contributed by atoms with E-state index >= 15 is 0 Å². The first kappa shape index (κ1) is 7.79. The van der Waals surface area contributed by atoms with E-state index in [0.29, 0.717) is 0 Å². The molecule has 13 heavy (non-hydrogen) atoms. The number of carbonyl (C=O) groups excluding carboxylic acids is 1. The molecule has 0 aliphatic rings. The minimum atomic E-state index is 0.779. The van der Waals surface area contributed by atoms with Crippen LogP contribution in [0.15, 0.2) is 24.4 Å². The molecule has 1 heterocycles. The Balaban J connectivity index is 2.53. The Hall–Kier alpha value is -1.84. The van der Waals surface area contributed by atoms with Crippen molar-refractivity contribution in [2.75, 3.05) is 11.9 Å². The van der Waals surface area contributed by atoms with Crippen molar-refractivity contribution < 1.29 is 4.79 Å². The van der Waals surface area contributed by atoms with E-state index in [1.165, 1.54) is 4.90 Å². The summed E-state index contributed by atoms with van der Waals surface area (Å²) in [4.78, 5) is 12.0. The van der Waals surface area contributed by atoms with Gasteiger partial charge in [0.25, 0.3) is 0 Å². The predicted molar refractivity (Wildman–Crippen MR) is 50.6 cm³/mol. The van der Waals surface area contributed by atoms with Gasteiger partial charge in [0.2, 0.25) is 6.41 Å². The Morgan fingerprint density at radius 3 is 3.15 bits per heavy atom. The van der Waals surface area contributed by atoms with Gasteiger partial charge in [0.15, 0.2) is 0 Å². The lowest BCUT2D eigenvalue weighted by atomic mass is 10.2. The zero-order valence-corrected chi connectivity index (χ0v) is 7.19. The van der Waals surface area contributed by atoms with E-state index in [1.54, 1.807) is 13.2 Å². The van der Waals surface area contributed by atoms with E-state index in [-0.39, 0.29) is 0 Å². The summed E-state index contributed by atoms with van der Waals surface area (Å²) in [7, 11) is 1.72. The van der Waals surface area contributed by atoms with Gasteiger partial charge in [-0.05, 0) is 18.2 Å². The summed E-state index contributed by atoms with van der Waals surface area (Å²) in [6.07, 6.45) is 2.51. The van der Waals surface area contributed by atoms with Crippen LogP contribution < -0.4 is 4.90 Å². The molecular weight excluding hydrogens is 166 g/mol. The highest BCUT2D eigenvalue weighted by atomic mass is 16.1. The number of hydrogen-bond donors (Lipinski definition) is 1. The Labute approximate surface area is 75.2 Å². The van der Waals surface area contributed by atoms with Crippen LogP contribution in [0.3, 0.4) is 0 Å². The maximum Gasteiger partial charge on any atom is 0.213 e. The Morgan fingerprint density at radius 2 is 2.38 bits per heavy atom. The van der Waals surface area contributed by atoms with E-state index in [0.717, 1.165) is 23.0 Å². The molecule has 1 aromatic carbocycles. The molecule has 0 radical (unpaired) electrons. The second-order valence-corrected chi connectivity index (χ2v) is 2.86. The maximum atomic E-state index is 10.5. The number of hydrogen-bond acceptors (Lipinski definition) is 2. The van der Waals surface area contributed by atoms with Crippen LogP contribution in [0.1, 0.15) is 0 Å². The summed E-state index contributed by atoms with van der Waals surface area (Å²) in [6.45, 7) is 0. The van der Waals surface area contributed by atoms with Crippen LogP contribution >= 0.6 is 0 Å². The first-order chi connectivity index (χ1) is 6.31. The molecule has 1 amide bonds. The molecule has 4 heteroatoms. The Morgan fingerprint density at radius 1 is 1.54 bits per heavy atom. The van der Waals surface area contributed by atoms with Crippen LogP contribution in [0.25, 0.3) is 10.9 Å². The number of nitrogens with one attached hydrogen (secondary N) is 1.